The lowest BCUT2D eigenvalue weighted by atomic mass is 10.3. The van der Waals surface area contributed by atoms with Gasteiger partial charge in [0.05, 0.1) is 11.0 Å². The topological polar surface area (TPSA) is 108 Å². The minimum atomic E-state index is -0.657. The number of urea groups is 1. The molecule has 0 spiro atoms. The maximum absolute atomic E-state index is 11.2. The highest BCUT2D eigenvalue weighted by Gasteiger charge is 2.13. The summed E-state index contributed by atoms with van der Waals surface area (Å²) in [6.07, 6.45) is 0. The Balaban J connectivity index is 2.77. The van der Waals surface area contributed by atoms with Crippen LogP contribution < -0.4 is 10.6 Å². The lowest BCUT2D eigenvalue weighted by Crippen LogP contribution is -2.29. The van der Waals surface area contributed by atoms with E-state index >= 15 is 0 Å². The van der Waals surface area contributed by atoms with Crippen molar-refractivity contribution in [2.45, 2.75) is 0 Å². The van der Waals surface area contributed by atoms with Crippen molar-refractivity contribution in [3.05, 3.63) is 34.4 Å². The summed E-state index contributed by atoms with van der Waals surface area (Å²) >= 11 is 0. The Hall–Kier alpha value is -2.62. The van der Waals surface area contributed by atoms with Crippen LogP contribution in [0.3, 0.4) is 0 Å². The summed E-state index contributed by atoms with van der Waals surface area (Å²) in [5, 5.41) is 23.3. The molecular formula is C9H8N4O3. The van der Waals surface area contributed by atoms with Crippen LogP contribution >= 0.6 is 0 Å². The molecule has 0 unspecified atom stereocenters. The molecule has 2 amide bonds. The number of rotatable bonds is 3. The Bertz CT molecular complexity index is 452. The van der Waals surface area contributed by atoms with E-state index in [1.54, 1.807) is 12.1 Å². The van der Waals surface area contributed by atoms with E-state index in [0.29, 0.717) is 0 Å². The highest BCUT2D eigenvalue weighted by Crippen LogP contribution is 2.22. The monoisotopic (exact) mass is 220 g/mol. The zero-order valence-electron chi connectivity index (χ0n) is 8.14. The molecule has 0 aliphatic carbocycles. The molecule has 0 bridgehead atoms. The summed E-state index contributed by atoms with van der Waals surface area (Å²) in [5.41, 5.74) is -0.113. The molecule has 0 radical (unpaired) electrons. The van der Waals surface area contributed by atoms with Crippen molar-refractivity contribution in [2.75, 3.05) is 11.9 Å². The molecule has 0 aliphatic heterocycles. The number of amides is 2. The summed E-state index contributed by atoms with van der Waals surface area (Å²) in [4.78, 5) is 21.2. The van der Waals surface area contributed by atoms with Gasteiger partial charge in [-0.2, -0.15) is 5.26 Å². The predicted molar refractivity (Wildman–Crippen MR) is 55.7 cm³/mol. The summed E-state index contributed by atoms with van der Waals surface area (Å²) in [7, 11) is 0. The van der Waals surface area contributed by atoms with E-state index in [4.69, 9.17) is 5.26 Å². The van der Waals surface area contributed by atoms with Gasteiger partial charge in [0.1, 0.15) is 12.2 Å². The average Bonchev–Trinajstić information content (AvgIpc) is 2.27. The van der Waals surface area contributed by atoms with Gasteiger partial charge >= 0.3 is 6.03 Å². The molecule has 7 nitrogen and oxygen atoms in total. The van der Waals surface area contributed by atoms with Gasteiger partial charge < -0.3 is 10.6 Å². The van der Waals surface area contributed by atoms with Crippen molar-refractivity contribution in [1.82, 2.24) is 5.32 Å². The van der Waals surface area contributed by atoms with E-state index in [9.17, 15) is 14.9 Å². The molecule has 2 N–H and O–H groups in total. The van der Waals surface area contributed by atoms with E-state index in [1.807, 2.05) is 0 Å². The van der Waals surface area contributed by atoms with Gasteiger partial charge in [-0.25, -0.2) is 4.79 Å². The van der Waals surface area contributed by atoms with E-state index in [2.05, 4.69) is 10.6 Å². The van der Waals surface area contributed by atoms with E-state index in [0.717, 1.165) is 0 Å². The fraction of sp³-hybridized carbons (Fsp3) is 0.111. The molecule has 16 heavy (non-hydrogen) atoms. The van der Waals surface area contributed by atoms with Crippen molar-refractivity contribution in [3.63, 3.8) is 0 Å². The normalized spacial score (nSPS) is 8.94. The molecule has 0 fully saturated rings. The second kappa shape index (κ2) is 5.31. The van der Waals surface area contributed by atoms with Crippen LogP contribution in [0.1, 0.15) is 0 Å². The smallest absolute Gasteiger partial charge is 0.320 e. The number of nitriles is 1. The lowest BCUT2D eigenvalue weighted by molar-refractivity contribution is -0.383. The fourth-order valence-corrected chi connectivity index (χ4v) is 1.02. The number of hydrogen-bond donors (Lipinski definition) is 2. The van der Waals surface area contributed by atoms with Crippen LogP contribution in [0.2, 0.25) is 0 Å². The van der Waals surface area contributed by atoms with Gasteiger partial charge in [-0.3, -0.25) is 10.1 Å². The SMILES string of the molecule is N#CCNC(=O)Nc1ccccc1[N+](=O)[O-]. The third-order valence-electron chi connectivity index (χ3n) is 1.68. The number of nitrogens with zero attached hydrogens (tertiary/aromatic N) is 2. The third kappa shape index (κ3) is 2.95. The first-order valence-electron chi connectivity index (χ1n) is 4.30. The summed E-state index contributed by atoms with van der Waals surface area (Å²) in [6, 6.07) is 6.80. The molecule has 0 aromatic heterocycles. The largest absolute Gasteiger partial charge is 0.325 e. The molecule has 0 atom stereocenters. The molecule has 82 valence electrons. The Labute approximate surface area is 90.8 Å². The van der Waals surface area contributed by atoms with Gasteiger partial charge in [0.25, 0.3) is 5.69 Å². The first-order valence-corrected chi connectivity index (χ1v) is 4.30. The molecule has 1 aromatic carbocycles. The molecular weight excluding hydrogens is 212 g/mol. The highest BCUT2D eigenvalue weighted by atomic mass is 16.6. The van der Waals surface area contributed by atoms with Gasteiger partial charge in [-0.05, 0) is 6.07 Å². The minimum absolute atomic E-state index is 0.0861. The molecule has 1 rings (SSSR count). The number of benzene rings is 1. The Kier molecular flexibility index (Phi) is 3.80. The van der Waals surface area contributed by atoms with Crippen LogP contribution in [0.5, 0.6) is 0 Å². The van der Waals surface area contributed by atoms with E-state index < -0.39 is 11.0 Å². The Morgan fingerprint density at radius 3 is 2.81 bits per heavy atom. The van der Waals surface area contributed by atoms with Crippen molar-refractivity contribution in [2.24, 2.45) is 0 Å². The van der Waals surface area contributed by atoms with Gasteiger partial charge in [0, 0.05) is 6.07 Å². The quantitative estimate of drug-likeness (QED) is 0.453. The number of nitro groups is 1. The molecule has 0 saturated heterocycles. The minimum Gasteiger partial charge on any atom is -0.325 e. The van der Waals surface area contributed by atoms with Gasteiger partial charge in [-0.1, -0.05) is 12.1 Å². The predicted octanol–water partition coefficient (Wildman–Crippen LogP) is 1.24. The zero-order chi connectivity index (χ0) is 12.0. The summed E-state index contributed by atoms with van der Waals surface area (Å²) < 4.78 is 0. The third-order valence-corrected chi connectivity index (χ3v) is 1.68. The maximum Gasteiger partial charge on any atom is 0.320 e. The molecule has 1 aromatic rings. The second-order valence-electron chi connectivity index (χ2n) is 2.74. The maximum atomic E-state index is 11.2. The molecule has 0 saturated carbocycles. The van der Waals surface area contributed by atoms with E-state index in [1.165, 1.54) is 18.2 Å². The van der Waals surface area contributed by atoms with Crippen LogP contribution in [0.25, 0.3) is 0 Å². The summed E-state index contributed by atoms with van der Waals surface area (Å²) in [5.74, 6) is 0. The number of anilines is 1. The highest BCUT2D eigenvalue weighted by molar-refractivity contribution is 5.91. The number of carbonyl (C=O) groups is 1. The van der Waals surface area contributed by atoms with Crippen molar-refractivity contribution < 1.29 is 9.72 Å². The molecule has 7 heteroatoms. The molecule has 0 aliphatic rings. The Morgan fingerprint density at radius 2 is 2.19 bits per heavy atom. The van der Waals surface area contributed by atoms with Crippen molar-refractivity contribution in [1.29, 1.82) is 5.26 Å². The van der Waals surface area contributed by atoms with Crippen LogP contribution in [-0.2, 0) is 0 Å². The number of hydrogen-bond acceptors (Lipinski definition) is 4. The first-order chi connectivity index (χ1) is 7.65. The number of nitrogens with one attached hydrogen (secondary N) is 2. The first kappa shape index (κ1) is 11.5. The Morgan fingerprint density at radius 1 is 1.50 bits per heavy atom. The molecule has 0 heterocycles. The van der Waals surface area contributed by atoms with Gasteiger partial charge in [0.2, 0.25) is 0 Å². The van der Waals surface area contributed by atoms with E-state index in [-0.39, 0.29) is 17.9 Å². The van der Waals surface area contributed by atoms with Crippen LogP contribution in [0.4, 0.5) is 16.2 Å². The van der Waals surface area contributed by atoms with Gasteiger partial charge in [0.15, 0.2) is 0 Å². The second-order valence-corrected chi connectivity index (χ2v) is 2.74. The zero-order valence-corrected chi connectivity index (χ0v) is 8.14. The van der Waals surface area contributed by atoms with Crippen LogP contribution in [0, 0.1) is 21.4 Å². The van der Waals surface area contributed by atoms with Gasteiger partial charge in [-0.15, -0.1) is 0 Å². The number of para-hydroxylation sites is 2. The average molecular weight is 220 g/mol. The lowest BCUT2D eigenvalue weighted by Gasteiger charge is -2.04. The van der Waals surface area contributed by atoms with Crippen LogP contribution in [0.15, 0.2) is 24.3 Å². The summed E-state index contributed by atoms with van der Waals surface area (Å²) in [6.45, 7) is -0.160. The van der Waals surface area contributed by atoms with Crippen molar-refractivity contribution >= 4 is 17.4 Å². The number of nitro benzene ring substituents is 1. The fourth-order valence-electron chi connectivity index (χ4n) is 1.02. The standard InChI is InChI=1S/C9H8N4O3/c10-5-6-11-9(14)12-7-3-1-2-4-8(7)13(15)16/h1-4H,6H2,(H2,11,12,14). The van der Waals surface area contributed by atoms with Crippen LogP contribution in [-0.4, -0.2) is 17.5 Å². The van der Waals surface area contributed by atoms with Crippen molar-refractivity contribution in [3.8, 4) is 6.07 Å². The number of carbonyl (C=O) groups excluding carboxylic acids is 1.